The molecule has 0 spiro atoms. The second-order valence-electron chi connectivity index (χ2n) is 8.07. The minimum Gasteiger partial charge on any atom is -0.383 e. The van der Waals surface area contributed by atoms with Gasteiger partial charge in [-0.05, 0) is 52.6 Å². The normalized spacial score (nSPS) is 18.1. The zero-order valence-electron chi connectivity index (χ0n) is 17.9. The first kappa shape index (κ1) is 21.6. The van der Waals surface area contributed by atoms with E-state index in [0.717, 1.165) is 21.9 Å². The van der Waals surface area contributed by atoms with Gasteiger partial charge in [0.25, 0.3) is 0 Å². The van der Waals surface area contributed by atoms with Crippen LogP contribution in [-0.4, -0.2) is 61.0 Å². The third kappa shape index (κ3) is 3.87. The molecular formula is C22H20F2N8O2. The summed E-state index contributed by atoms with van der Waals surface area (Å²) in [4.78, 5) is 30.0. The lowest BCUT2D eigenvalue weighted by molar-refractivity contribution is -0.134. The highest BCUT2D eigenvalue weighted by Crippen LogP contribution is 2.30. The molecule has 1 saturated heterocycles. The summed E-state index contributed by atoms with van der Waals surface area (Å²) in [6.45, 7) is 0.884. The average molecular weight is 466 g/mol. The Hall–Kier alpha value is -4.22. The van der Waals surface area contributed by atoms with E-state index >= 15 is 0 Å². The van der Waals surface area contributed by atoms with Crippen molar-refractivity contribution in [2.45, 2.75) is 25.3 Å². The SMILES string of the molecule is Nc1ncc(C2=CCN(C(=O)[C@@H]3CCC(=O)N3)CC2)cc1-c1nnnn1-c1cccc(F)c1F. The summed E-state index contributed by atoms with van der Waals surface area (Å²) in [5.74, 6) is -2.07. The molecule has 2 aromatic heterocycles. The maximum atomic E-state index is 14.4. The Morgan fingerprint density at radius 1 is 1.24 bits per heavy atom. The number of hydrogen-bond donors (Lipinski definition) is 2. The van der Waals surface area contributed by atoms with Gasteiger partial charge < -0.3 is 16.0 Å². The van der Waals surface area contributed by atoms with Crippen LogP contribution in [0.3, 0.4) is 0 Å². The summed E-state index contributed by atoms with van der Waals surface area (Å²) in [5, 5.41) is 14.1. The van der Waals surface area contributed by atoms with Crippen LogP contribution in [0, 0.1) is 11.6 Å². The minimum absolute atomic E-state index is 0.0893. The molecule has 0 saturated carbocycles. The van der Waals surface area contributed by atoms with Crippen molar-refractivity contribution in [3.05, 3.63) is 53.7 Å². The zero-order chi connectivity index (χ0) is 23.8. The first-order chi connectivity index (χ1) is 16.4. The van der Waals surface area contributed by atoms with Crippen molar-refractivity contribution < 1.29 is 18.4 Å². The molecule has 174 valence electrons. The predicted molar refractivity (Wildman–Crippen MR) is 117 cm³/mol. The fourth-order valence-corrected chi connectivity index (χ4v) is 4.15. The van der Waals surface area contributed by atoms with E-state index in [-0.39, 0.29) is 29.1 Å². The zero-order valence-corrected chi connectivity index (χ0v) is 17.9. The lowest BCUT2D eigenvalue weighted by atomic mass is 9.98. The molecule has 34 heavy (non-hydrogen) atoms. The van der Waals surface area contributed by atoms with Crippen LogP contribution in [0.5, 0.6) is 0 Å². The maximum Gasteiger partial charge on any atom is 0.245 e. The molecule has 2 aliphatic heterocycles. The Morgan fingerprint density at radius 3 is 2.82 bits per heavy atom. The lowest BCUT2D eigenvalue weighted by Gasteiger charge is -2.29. The Morgan fingerprint density at radius 2 is 2.09 bits per heavy atom. The quantitative estimate of drug-likeness (QED) is 0.595. The average Bonchev–Trinajstić information content (AvgIpc) is 3.50. The van der Waals surface area contributed by atoms with Gasteiger partial charge in [-0.15, -0.1) is 5.10 Å². The molecule has 5 rings (SSSR count). The van der Waals surface area contributed by atoms with Crippen LogP contribution >= 0.6 is 0 Å². The van der Waals surface area contributed by atoms with Crippen LogP contribution in [0.2, 0.25) is 0 Å². The van der Waals surface area contributed by atoms with Crippen molar-refractivity contribution in [2.75, 3.05) is 18.8 Å². The molecule has 3 N–H and O–H groups in total. The van der Waals surface area contributed by atoms with Crippen molar-refractivity contribution in [1.29, 1.82) is 0 Å². The summed E-state index contributed by atoms with van der Waals surface area (Å²) in [6.07, 6.45) is 4.97. The minimum atomic E-state index is -1.09. The second kappa shape index (κ2) is 8.61. The van der Waals surface area contributed by atoms with E-state index in [0.29, 0.717) is 37.9 Å². The van der Waals surface area contributed by atoms with Gasteiger partial charge in [0.2, 0.25) is 11.8 Å². The molecule has 1 fully saturated rings. The number of hydrogen-bond acceptors (Lipinski definition) is 7. The molecule has 1 atom stereocenters. The van der Waals surface area contributed by atoms with E-state index in [2.05, 4.69) is 25.8 Å². The van der Waals surface area contributed by atoms with Gasteiger partial charge in [0.1, 0.15) is 17.5 Å². The molecule has 2 amide bonds. The first-order valence-corrected chi connectivity index (χ1v) is 10.7. The van der Waals surface area contributed by atoms with Crippen LogP contribution in [-0.2, 0) is 9.59 Å². The molecule has 1 aromatic carbocycles. The highest BCUT2D eigenvalue weighted by molar-refractivity contribution is 5.91. The van der Waals surface area contributed by atoms with Crippen molar-refractivity contribution in [3.8, 4) is 17.1 Å². The Kier molecular flexibility index (Phi) is 5.48. The van der Waals surface area contributed by atoms with E-state index in [1.807, 2.05) is 6.08 Å². The summed E-state index contributed by atoms with van der Waals surface area (Å²) < 4.78 is 29.2. The highest BCUT2D eigenvalue weighted by Gasteiger charge is 2.31. The number of carbonyl (C=O) groups is 2. The molecule has 0 radical (unpaired) electrons. The van der Waals surface area contributed by atoms with E-state index in [4.69, 9.17) is 5.73 Å². The van der Waals surface area contributed by atoms with Gasteiger partial charge in [-0.25, -0.2) is 13.8 Å². The van der Waals surface area contributed by atoms with E-state index in [1.165, 1.54) is 12.1 Å². The molecule has 2 aliphatic rings. The number of carbonyl (C=O) groups excluding carboxylic acids is 2. The predicted octanol–water partition coefficient (Wildman–Crippen LogP) is 1.48. The number of anilines is 1. The number of pyridine rings is 1. The topological polar surface area (TPSA) is 132 Å². The molecule has 0 bridgehead atoms. The Bertz CT molecular complexity index is 1320. The van der Waals surface area contributed by atoms with Gasteiger partial charge in [-0.2, -0.15) is 4.68 Å². The molecule has 12 heteroatoms. The van der Waals surface area contributed by atoms with Gasteiger partial charge in [0.15, 0.2) is 17.5 Å². The molecule has 10 nitrogen and oxygen atoms in total. The smallest absolute Gasteiger partial charge is 0.245 e. The van der Waals surface area contributed by atoms with Gasteiger partial charge >= 0.3 is 0 Å². The molecule has 0 aliphatic carbocycles. The number of halogens is 2. The largest absolute Gasteiger partial charge is 0.383 e. The number of tetrazole rings is 1. The fourth-order valence-electron chi connectivity index (χ4n) is 4.15. The Labute approximate surface area is 192 Å². The standard InChI is InChI=1S/C22H20F2N8O2/c23-15-2-1-3-17(19(15)24)32-21(28-29-30-32)14-10-13(11-26-20(14)25)12-6-8-31(9-7-12)22(34)16-4-5-18(33)27-16/h1-3,6,10-11,16H,4-5,7-9H2,(H2,25,26)(H,27,33)/t16-/m0/s1. The van der Waals surface area contributed by atoms with Crippen molar-refractivity contribution in [1.82, 2.24) is 35.4 Å². The van der Waals surface area contributed by atoms with Crippen molar-refractivity contribution in [2.24, 2.45) is 0 Å². The van der Waals surface area contributed by atoms with E-state index in [9.17, 15) is 18.4 Å². The van der Waals surface area contributed by atoms with Crippen LogP contribution in [0.25, 0.3) is 22.6 Å². The summed E-state index contributed by atoms with van der Waals surface area (Å²) in [5.41, 5.74) is 7.97. The number of rotatable bonds is 4. The van der Waals surface area contributed by atoms with E-state index in [1.54, 1.807) is 17.2 Å². The molecule has 4 heterocycles. The van der Waals surface area contributed by atoms with Crippen LogP contribution in [0.15, 0.2) is 36.5 Å². The van der Waals surface area contributed by atoms with Crippen LogP contribution in [0.4, 0.5) is 14.6 Å². The van der Waals surface area contributed by atoms with Gasteiger partial charge in [-0.3, -0.25) is 9.59 Å². The summed E-state index contributed by atoms with van der Waals surface area (Å²) >= 11 is 0. The Balaban J connectivity index is 1.41. The third-order valence-electron chi connectivity index (χ3n) is 5.97. The highest BCUT2D eigenvalue weighted by atomic mass is 19.2. The number of aromatic nitrogens is 5. The number of nitrogens with one attached hydrogen (secondary N) is 1. The van der Waals surface area contributed by atoms with Crippen LogP contribution in [0.1, 0.15) is 24.8 Å². The third-order valence-corrected chi connectivity index (χ3v) is 5.97. The first-order valence-electron chi connectivity index (χ1n) is 10.7. The number of nitrogen functional groups attached to an aromatic ring is 1. The molecule has 3 aromatic rings. The number of amides is 2. The fraction of sp³-hybridized carbons (Fsp3) is 0.273. The van der Waals surface area contributed by atoms with Gasteiger partial charge in [0, 0.05) is 25.7 Å². The lowest BCUT2D eigenvalue weighted by Crippen LogP contribution is -2.45. The van der Waals surface area contributed by atoms with Gasteiger partial charge in [0.05, 0.1) is 5.56 Å². The maximum absolute atomic E-state index is 14.4. The number of nitrogens with zero attached hydrogens (tertiary/aromatic N) is 6. The van der Waals surface area contributed by atoms with Crippen molar-refractivity contribution in [3.63, 3.8) is 0 Å². The summed E-state index contributed by atoms with van der Waals surface area (Å²) in [7, 11) is 0. The molecule has 0 unspecified atom stereocenters. The monoisotopic (exact) mass is 466 g/mol. The van der Waals surface area contributed by atoms with Crippen molar-refractivity contribution >= 4 is 23.2 Å². The number of benzene rings is 1. The van der Waals surface area contributed by atoms with Gasteiger partial charge in [-0.1, -0.05) is 12.1 Å². The second-order valence-corrected chi connectivity index (χ2v) is 8.07. The summed E-state index contributed by atoms with van der Waals surface area (Å²) in [6, 6.07) is 4.99. The van der Waals surface area contributed by atoms with Crippen LogP contribution < -0.4 is 11.1 Å². The molecular weight excluding hydrogens is 446 g/mol. The number of nitrogens with two attached hydrogens (primary N) is 1. The van der Waals surface area contributed by atoms with E-state index < -0.39 is 17.7 Å².